The Labute approximate surface area is 87.7 Å². The highest BCUT2D eigenvalue weighted by Gasteiger charge is 2.07. The summed E-state index contributed by atoms with van der Waals surface area (Å²) in [6, 6.07) is 5.66. The molecular formula is C11H15N3O. The first-order valence-electron chi connectivity index (χ1n) is 5.11. The lowest BCUT2D eigenvalue weighted by Gasteiger charge is -2.03. The molecule has 1 heterocycles. The monoisotopic (exact) mass is 205 g/mol. The average Bonchev–Trinajstić information content (AvgIpc) is 2.55. The third-order valence-electron chi connectivity index (χ3n) is 2.62. The molecular weight excluding hydrogens is 190 g/mol. The zero-order chi connectivity index (χ0) is 11.0. The number of aromatic amines is 1. The van der Waals surface area contributed by atoms with Crippen LogP contribution in [-0.4, -0.2) is 9.78 Å². The predicted molar refractivity (Wildman–Crippen MR) is 60.8 cm³/mol. The summed E-state index contributed by atoms with van der Waals surface area (Å²) in [6.07, 6.45) is 0. The second-order valence-corrected chi connectivity index (χ2v) is 3.75. The van der Waals surface area contributed by atoms with Gasteiger partial charge in [0.1, 0.15) is 0 Å². The highest BCUT2D eigenvalue weighted by atomic mass is 16.1. The molecule has 4 heteroatoms. The molecule has 1 aromatic heterocycles. The number of hydrogen-bond donors (Lipinski definition) is 2. The number of hydrogen-bond acceptors (Lipinski definition) is 2. The minimum absolute atomic E-state index is 0.0112. The van der Waals surface area contributed by atoms with Crippen molar-refractivity contribution < 1.29 is 0 Å². The molecule has 0 spiro atoms. The van der Waals surface area contributed by atoms with E-state index in [2.05, 4.69) is 5.10 Å². The van der Waals surface area contributed by atoms with Crippen LogP contribution in [0.2, 0.25) is 0 Å². The number of benzene rings is 1. The predicted octanol–water partition coefficient (Wildman–Crippen LogP) is 1.37. The van der Waals surface area contributed by atoms with Crippen molar-refractivity contribution in [1.29, 1.82) is 0 Å². The summed E-state index contributed by atoms with van der Waals surface area (Å²) in [7, 11) is 0. The Kier molecular flexibility index (Phi) is 2.36. The van der Waals surface area contributed by atoms with Gasteiger partial charge in [0, 0.05) is 12.6 Å². The maximum absolute atomic E-state index is 11.7. The van der Waals surface area contributed by atoms with E-state index in [1.165, 1.54) is 0 Å². The van der Waals surface area contributed by atoms with E-state index in [0.717, 1.165) is 16.5 Å². The second kappa shape index (κ2) is 3.55. The first kappa shape index (κ1) is 9.98. The number of aryl methyl sites for hydroxylation is 1. The van der Waals surface area contributed by atoms with E-state index in [-0.39, 0.29) is 11.6 Å². The van der Waals surface area contributed by atoms with Crippen molar-refractivity contribution in [3.05, 3.63) is 34.1 Å². The van der Waals surface area contributed by atoms with Crippen LogP contribution < -0.4 is 11.3 Å². The van der Waals surface area contributed by atoms with Gasteiger partial charge in [-0.1, -0.05) is 6.07 Å². The molecule has 15 heavy (non-hydrogen) atoms. The summed E-state index contributed by atoms with van der Waals surface area (Å²) in [5, 5.41) is 3.78. The summed E-state index contributed by atoms with van der Waals surface area (Å²) in [5.41, 5.74) is 7.71. The summed E-state index contributed by atoms with van der Waals surface area (Å²) >= 11 is 0. The fourth-order valence-electron chi connectivity index (χ4n) is 1.69. The topological polar surface area (TPSA) is 63.8 Å². The van der Waals surface area contributed by atoms with E-state index >= 15 is 0 Å². The van der Waals surface area contributed by atoms with Gasteiger partial charge in [-0.25, -0.2) is 0 Å². The largest absolute Gasteiger partial charge is 0.324 e. The number of nitrogens with zero attached hydrogens (tertiary/aromatic N) is 1. The Balaban J connectivity index is 2.68. The Morgan fingerprint density at radius 3 is 2.87 bits per heavy atom. The minimum Gasteiger partial charge on any atom is -0.324 e. The van der Waals surface area contributed by atoms with E-state index in [4.69, 9.17) is 5.73 Å². The summed E-state index contributed by atoms with van der Waals surface area (Å²) in [5.74, 6) is 0. The smallest absolute Gasteiger partial charge is 0.274 e. The van der Waals surface area contributed by atoms with Crippen molar-refractivity contribution in [2.24, 2.45) is 5.73 Å². The second-order valence-electron chi connectivity index (χ2n) is 3.75. The van der Waals surface area contributed by atoms with Crippen LogP contribution >= 0.6 is 0 Å². The van der Waals surface area contributed by atoms with Crippen LogP contribution in [0.25, 0.3) is 10.9 Å². The molecule has 1 atom stereocenters. The molecule has 0 bridgehead atoms. The highest BCUT2D eigenvalue weighted by Crippen LogP contribution is 2.15. The Hall–Kier alpha value is -1.55. The quantitative estimate of drug-likeness (QED) is 0.777. The van der Waals surface area contributed by atoms with Gasteiger partial charge in [-0.3, -0.25) is 14.6 Å². The molecule has 4 nitrogen and oxygen atoms in total. The van der Waals surface area contributed by atoms with Crippen molar-refractivity contribution in [1.82, 2.24) is 9.78 Å². The normalized spacial score (nSPS) is 13.3. The lowest BCUT2D eigenvalue weighted by atomic mass is 10.1. The SMILES string of the molecule is CCn1[nH]c2cc(C(C)N)ccc2c1=O. The lowest BCUT2D eigenvalue weighted by Crippen LogP contribution is -2.14. The van der Waals surface area contributed by atoms with Crippen LogP contribution in [0.4, 0.5) is 0 Å². The van der Waals surface area contributed by atoms with Gasteiger partial charge in [0.05, 0.1) is 10.9 Å². The van der Waals surface area contributed by atoms with Gasteiger partial charge in [0.15, 0.2) is 0 Å². The maximum atomic E-state index is 11.7. The Morgan fingerprint density at radius 1 is 1.53 bits per heavy atom. The molecule has 2 aromatic rings. The lowest BCUT2D eigenvalue weighted by molar-refractivity contribution is 0.646. The Morgan fingerprint density at radius 2 is 2.27 bits per heavy atom. The van der Waals surface area contributed by atoms with Crippen LogP contribution in [0.15, 0.2) is 23.0 Å². The van der Waals surface area contributed by atoms with E-state index in [9.17, 15) is 4.79 Å². The third-order valence-corrected chi connectivity index (χ3v) is 2.62. The van der Waals surface area contributed by atoms with Gasteiger partial charge < -0.3 is 5.73 Å². The van der Waals surface area contributed by atoms with E-state index in [1.54, 1.807) is 4.68 Å². The van der Waals surface area contributed by atoms with Crippen molar-refractivity contribution in [3.8, 4) is 0 Å². The number of nitrogens with two attached hydrogens (primary N) is 1. The van der Waals surface area contributed by atoms with Crippen LogP contribution in [0, 0.1) is 0 Å². The molecule has 2 rings (SSSR count). The summed E-state index contributed by atoms with van der Waals surface area (Å²) in [6.45, 7) is 4.51. The molecule has 80 valence electrons. The molecule has 0 aliphatic rings. The van der Waals surface area contributed by atoms with Crippen molar-refractivity contribution in [2.75, 3.05) is 0 Å². The van der Waals surface area contributed by atoms with Crippen LogP contribution in [-0.2, 0) is 6.54 Å². The van der Waals surface area contributed by atoms with E-state index in [1.807, 2.05) is 32.0 Å². The molecule has 0 saturated heterocycles. The number of rotatable bonds is 2. The summed E-state index contributed by atoms with van der Waals surface area (Å²) < 4.78 is 1.59. The molecule has 0 aliphatic carbocycles. The van der Waals surface area contributed by atoms with Gasteiger partial charge in [0.25, 0.3) is 5.56 Å². The average molecular weight is 205 g/mol. The number of nitrogens with one attached hydrogen (secondary N) is 1. The molecule has 0 amide bonds. The van der Waals surface area contributed by atoms with Gasteiger partial charge in [-0.05, 0) is 31.5 Å². The fraction of sp³-hybridized carbons (Fsp3) is 0.364. The van der Waals surface area contributed by atoms with E-state index in [0.29, 0.717) is 6.54 Å². The minimum atomic E-state index is -0.0112. The van der Waals surface area contributed by atoms with Gasteiger partial charge in [-0.2, -0.15) is 0 Å². The van der Waals surface area contributed by atoms with Crippen LogP contribution in [0.1, 0.15) is 25.5 Å². The molecule has 1 aromatic carbocycles. The molecule has 0 fully saturated rings. The molecule has 0 aliphatic heterocycles. The molecule has 0 radical (unpaired) electrons. The molecule has 3 N–H and O–H groups in total. The van der Waals surface area contributed by atoms with Gasteiger partial charge >= 0.3 is 0 Å². The molecule has 0 saturated carbocycles. The van der Waals surface area contributed by atoms with Crippen molar-refractivity contribution in [3.63, 3.8) is 0 Å². The van der Waals surface area contributed by atoms with Crippen molar-refractivity contribution >= 4 is 10.9 Å². The van der Waals surface area contributed by atoms with Gasteiger partial charge in [0.2, 0.25) is 0 Å². The van der Waals surface area contributed by atoms with E-state index < -0.39 is 0 Å². The highest BCUT2D eigenvalue weighted by molar-refractivity contribution is 5.78. The number of aromatic nitrogens is 2. The van der Waals surface area contributed by atoms with Gasteiger partial charge in [-0.15, -0.1) is 0 Å². The molecule has 1 unspecified atom stereocenters. The zero-order valence-corrected chi connectivity index (χ0v) is 8.95. The zero-order valence-electron chi connectivity index (χ0n) is 8.95. The van der Waals surface area contributed by atoms with Crippen LogP contribution in [0.3, 0.4) is 0 Å². The number of H-pyrrole nitrogens is 1. The number of fused-ring (bicyclic) bond motifs is 1. The standard InChI is InChI=1S/C11H15N3O/c1-3-14-11(15)9-5-4-8(7(2)12)6-10(9)13-14/h4-7,13H,3,12H2,1-2H3. The third kappa shape index (κ3) is 1.57. The van der Waals surface area contributed by atoms with Crippen LogP contribution in [0.5, 0.6) is 0 Å². The fourth-order valence-corrected chi connectivity index (χ4v) is 1.69. The first-order chi connectivity index (χ1) is 7.13. The first-order valence-corrected chi connectivity index (χ1v) is 5.11. The van der Waals surface area contributed by atoms with Crippen molar-refractivity contribution in [2.45, 2.75) is 26.4 Å². The summed E-state index contributed by atoms with van der Waals surface area (Å²) in [4.78, 5) is 11.7. The Bertz CT molecular complexity index is 536. The maximum Gasteiger partial charge on any atom is 0.274 e.